The van der Waals surface area contributed by atoms with Crippen LogP contribution in [0.5, 0.6) is 0 Å². The predicted molar refractivity (Wildman–Crippen MR) is 70.4 cm³/mol. The molecule has 0 aromatic heterocycles. The van der Waals surface area contributed by atoms with Crippen LogP contribution in [-0.4, -0.2) is 33.9 Å². The minimum absolute atomic E-state index is 0.0698. The molecule has 0 radical (unpaired) electrons. The van der Waals surface area contributed by atoms with E-state index in [2.05, 4.69) is 0 Å². The molecule has 0 saturated carbocycles. The van der Waals surface area contributed by atoms with E-state index < -0.39 is 15.9 Å². The van der Waals surface area contributed by atoms with Gasteiger partial charge in [-0.25, -0.2) is 8.42 Å². The summed E-state index contributed by atoms with van der Waals surface area (Å²) in [5.41, 5.74) is 8.15. The maximum atomic E-state index is 12.2. The molecule has 1 aromatic carbocycles. The van der Waals surface area contributed by atoms with Gasteiger partial charge in [-0.15, -0.1) is 0 Å². The third-order valence-electron chi connectivity index (χ3n) is 3.24. The molecule has 1 aliphatic rings. The summed E-state index contributed by atoms with van der Waals surface area (Å²) in [5.74, 6) is -0.0698. The van der Waals surface area contributed by atoms with Gasteiger partial charge in [0.05, 0.1) is 17.3 Å². The summed E-state index contributed by atoms with van der Waals surface area (Å²) in [5, 5.41) is 0. The van der Waals surface area contributed by atoms with E-state index in [0.29, 0.717) is 4.90 Å². The second-order valence-electron chi connectivity index (χ2n) is 4.78. The van der Waals surface area contributed by atoms with Crippen molar-refractivity contribution in [1.82, 2.24) is 0 Å². The van der Waals surface area contributed by atoms with Gasteiger partial charge in [0.2, 0.25) is 0 Å². The lowest BCUT2D eigenvalue weighted by Crippen LogP contribution is -2.33. The smallest absolute Gasteiger partial charge is 0.179 e. The molecule has 0 heterocycles. The molecule has 5 heteroatoms. The van der Waals surface area contributed by atoms with Crippen molar-refractivity contribution < 1.29 is 13.2 Å². The molecule has 2 N–H and O–H groups in total. The second kappa shape index (κ2) is 5.38. The van der Waals surface area contributed by atoms with E-state index in [1.54, 1.807) is 12.1 Å². The summed E-state index contributed by atoms with van der Waals surface area (Å²) in [6.07, 6.45) is 3.14. The highest BCUT2D eigenvalue weighted by Crippen LogP contribution is 2.25. The van der Waals surface area contributed by atoms with Gasteiger partial charge in [0.1, 0.15) is 0 Å². The molecule has 1 aliphatic carbocycles. The molecule has 100 valence electrons. The zero-order chi connectivity index (χ0) is 13.2. The van der Waals surface area contributed by atoms with Gasteiger partial charge in [-0.3, -0.25) is 0 Å². The molecule has 0 spiro atoms. The van der Waals surface area contributed by atoms with Crippen molar-refractivity contribution >= 4 is 9.84 Å². The van der Waals surface area contributed by atoms with Crippen LogP contribution in [0.4, 0.5) is 0 Å². The highest BCUT2D eigenvalue weighted by molar-refractivity contribution is 7.91. The van der Waals surface area contributed by atoms with E-state index >= 15 is 0 Å². The SMILES string of the molecule is COCC(N)CS(=O)(=O)c1ccc2c(c1)CCC2. The largest absolute Gasteiger partial charge is 0.383 e. The van der Waals surface area contributed by atoms with Crippen LogP contribution in [0.15, 0.2) is 23.1 Å². The van der Waals surface area contributed by atoms with Gasteiger partial charge < -0.3 is 10.5 Å². The van der Waals surface area contributed by atoms with Crippen LogP contribution in [0.2, 0.25) is 0 Å². The number of hydrogen-bond acceptors (Lipinski definition) is 4. The fourth-order valence-electron chi connectivity index (χ4n) is 2.38. The maximum Gasteiger partial charge on any atom is 0.179 e. The van der Waals surface area contributed by atoms with E-state index in [4.69, 9.17) is 10.5 Å². The van der Waals surface area contributed by atoms with E-state index in [-0.39, 0.29) is 12.4 Å². The zero-order valence-electron chi connectivity index (χ0n) is 10.6. The van der Waals surface area contributed by atoms with Gasteiger partial charge in [-0.1, -0.05) is 6.07 Å². The number of sulfone groups is 1. The number of ether oxygens (including phenoxy) is 1. The molecule has 4 nitrogen and oxygen atoms in total. The summed E-state index contributed by atoms with van der Waals surface area (Å²) in [7, 11) is -1.79. The molecule has 1 unspecified atom stereocenters. The molecular weight excluding hydrogens is 250 g/mol. The van der Waals surface area contributed by atoms with Crippen LogP contribution < -0.4 is 5.73 Å². The number of nitrogens with two attached hydrogens (primary N) is 1. The van der Waals surface area contributed by atoms with Crippen molar-refractivity contribution in [1.29, 1.82) is 0 Å². The first kappa shape index (κ1) is 13.5. The topological polar surface area (TPSA) is 69.4 Å². The molecule has 0 bridgehead atoms. The van der Waals surface area contributed by atoms with Crippen LogP contribution in [0.1, 0.15) is 17.5 Å². The van der Waals surface area contributed by atoms with Crippen LogP contribution >= 0.6 is 0 Å². The molecule has 1 atom stereocenters. The maximum absolute atomic E-state index is 12.2. The van der Waals surface area contributed by atoms with Crippen molar-refractivity contribution in [2.45, 2.75) is 30.2 Å². The quantitative estimate of drug-likeness (QED) is 0.863. The number of rotatable bonds is 5. The Bertz CT molecular complexity index is 525. The first-order valence-electron chi connectivity index (χ1n) is 6.12. The Kier molecular flexibility index (Phi) is 4.04. The van der Waals surface area contributed by atoms with Crippen molar-refractivity contribution in [3.8, 4) is 0 Å². The third kappa shape index (κ3) is 2.91. The first-order chi connectivity index (χ1) is 8.53. The van der Waals surface area contributed by atoms with Crippen molar-refractivity contribution in [3.63, 3.8) is 0 Å². The summed E-state index contributed by atoms with van der Waals surface area (Å²) in [4.78, 5) is 0.384. The molecular formula is C13H19NO3S. The lowest BCUT2D eigenvalue weighted by molar-refractivity contribution is 0.186. The van der Waals surface area contributed by atoms with E-state index in [9.17, 15) is 8.42 Å². The molecule has 0 amide bonds. The summed E-state index contributed by atoms with van der Waals surface area (Å²) in [6.45, 7) is 0.254. The van der Waals surface area contributed by atoms with Crippen LogP contribution in [0.3, 0.4) is 0 Å². The number of aryl methyl sites for hydroxylation is 2. The highest BCUT2D eigenvalue weighted by atomic mass is 32.2. The second-order valence-corrected chi connectivity index (χ2v) is 6.82. The van der Waals surface area contributed by atoms with Gasteiger partial charge in [0, 0.05) is 13.2 Å². The monoisotopic (exact) mass is 269 g/mol. The highest BCUT2D eigenvalue weighted by Gasteiger charge is 2.21. The number of methoxy groups -OCH3 is 1. The van der Waals surface area contributed by atoms with E-state index in [1.165, 1.54) is 12.7 Å². The summed E-state index contributed by atoms with van der Waals surface area (Å²) < 4.78 is 29.2. The van der Waals surface area contributed by atoms with Gasteiger partial charge in [0.25, 0.3) is 0 Å². The Morgan fingerprint density at radius 1 is 1.33 bits per heavy atom. The van der Waals surface area contributed by atoms with Crippen LogP contribution in [0.25, 0.3) is 0 Å². The zero-order valence-corrected chi connectivity index (χ0v) is 11.4. The van der Waals surface area contributed by atoms with Crippen LogP contribution in [-0.2, 0) is 27.4 Å². The Balaban J connectivity index is 2.19. The lowest BCUT2D eigenvalue weighted by Gasteiger charge is -2.12. The number of hydrogen-bond donors (Lipinski definition) is 1. The Labute approximate surface area is 108 Å². The van der Waals surface area contributed by atoms with E-state index in [0.717, 1.165) is 24.8 Å². The average molecular weight is 269 g/mol. The minimum atomic E-state index is -3.31. The van der Waals surface area contributed by atoms with Crippen molar-refractivity contribution in [2.24, 2.45) is 5.73 Å². The average Bonchev–Trinajstić information content (AvgIpc) is 2.75. The van der Waals surface area contributed by atoms with Crippen molar-refractivity contribution in [2.75, 3.05) is 19.5 Å². The number of benzene rings is 1. The fourth-order valence-corrected chi connectivity index (χ4v) is 3.83. The summed E-state index contributed by atoms with van der Waals surface area (Å²) in [6, 6.07) is 4.95. The first-order valence-corrected chi connectivity index (χ1v) is 7.77. The molecule has 0 saturated heterocycles. The van der Waals surface area contributed by atoms with Gasteiger partial charge in [-0.2, -0.15) is 0 Å². The van der Waals surface area contributed by atoms with Gasteiger partial charge >= 0.3 is 0 Å². The summed E-state index contributed by atoms with van der Waals surface area (Å²) >= 11 is 0. The van der Waals surface area contributed by atoms with E-state index in [1.807, 2.05) is 6.07 Å². The standard InChI is InChI=1S/C13H19NO3S/c1-17-8-12(14)9-18(15,16)13-6-5-10-3-2-4-11(10)7-13/h5-7,12H,2-4,8-9,14H2,1H3. The molecule has 18 heavy (non-hydrogen) atoms. The fraction of sp³-hybridized carbons (Fsp3) is 0.538. The molecule has 2 rings (SSSR count). The van der Waals surface area contributed by atoms with Crippen LogP contribution in [0, 0.1) is 0 Å². The minimum Gasteiger partial charge on any atom is -0.383 e. The molecule has 0 aliphatic heterocycles. The Morgan fingerprint density at radius 3 is 2.78 bits per heavy atom. The normalized spacial score (nSPS) is 16.6. The van der Waals surface area contributed by atoms with Gasteiger partial charge in [0.15, 0.2) is 9.84 Å². The third-order valence-corrected chi connectivity index (χ3v) is 5.08. The predicted octanol–water partition coefficient (Wildman–Crippen LogP) is 0.923. The Hall–Kier alpha value is -0.910. The number of fused-ring (bicyclic) bond motifs is 1. The molecule has 0 fully saturated rings. The molecule has 1 aromatic rings. The van der Waals surface area contributed by atoms with Gasteiger partial charge in [-0.05, 0) is 42.5 Å². The lowest BCUT2D eigenvalue weighted by atomic mass is 10.1. The Morgan fingerprint density at radius 2 is 2.06 bits per heavy atom. The van der Waals surface area contributed by atoms with Crippen molar-refractivity contribution in [3.05, 3.63) is 29.3 Å².